The molecule has 1 aliphatic heterocycles. The van der Waals surface area contributed by atoms with E-state index in [4.69, 9.17) is 0 Å². The summed E-state index contributed by atoms with van der Waals surface area (Å²) in [5.74, 6) is 3.42. The molecule has 2 heterocycles. The van der Waals surface area contributed by atoms with Gasteiger partial charge in [0.15, 0.2) is 0 Å². The van der Waals surface area contributed by atoms with Gasteiger partial charge < -0.3 is 5.32 Å². The predicted molar refractivity (Wildman–Crippen MR) is 72.4 cm³/mol. The van der Waals surface area contributed by atoms with Crippen LogP contribution in [-0.4, -0.2) is 39.3 Å². The van der Waals surface area contributed by atoms with Crippen molar-refractivity contribution in [2.24, 2.45) is 0 Å². The molecule has 1 saturated heterocycles. The topological polar surface area (TPSA) is 42.0 Å². The molecule has 0 spiro atoms. The lowest BCUT2D eigenvalue weighted by molar-refractivity contribution is -0.120. The summed E-state index contributed by atoms with van der Waals surface area (Å²) in [6.07, 6.45) is 2.69. The lowest BCUT2D eigenvalue weighted by atomic mass is 10.3. The molecule has 0 saturated carbocycles. The van der Waals surface area contributed by atoms with Crippen molar-refractivity contribution in [3.8, 4) is 0 Å². The summed E-state index contributed by atoms with van der Waals surface area (Å²) in [6.45, 7) is 0.725. The molecule has 1 amide bonds. The molecule has 0 aliphatic carbocycles. The highest BCUT2D eigenvalue weighted by Crippen LogP contribution is 2.23. The number of aromatic nitrogens is 1. The van der Waals surface area contributed by atoms with Gasteiger partial charge in [0.05, 0.1) is 5.25 Å². The fourth-order valence-electron chi connectivity index (χ4n) is 1.43. The van der Waals surface area contributed by atoms with Crippen molar-refractivity contribution < 1.29 is 4.79 Å². The fraction of sp³-hybridized carbons (Fsp3) is 0.600. The Morgan fingerprint density at radius 2 is 2.50 bits per heavy atom. The van der Waals surface area contributed by atoms with Crippen LogP contribution < -0.4 is 5.32 Å². The third-order valence-corrected chi connectivity index (χ3v) is 5.83. The minimum Gasteiger partial charge on any atom is -0.355 e. The lowest BCUT2D eigenvalue weighted by Gasteiger charge is -2.19. The second-order valence-electron chi connectivity index (χ2n) is 3.45. The minimum absolute atomic E-state index is 0.153. The Kier molecular flexibility index (Phi) is 4.99. The van der Waals surface area contributed by atoms with Crippen molar-refractivity contribution >= 4 is 41.0 Å². The van der Waals surface area contributed by atoms with Gasteiger partial charge in [0.25, 0.3) is 0 Å². The van der Waals surface area contributed by atoms with E-state index in [2.05, 4.69) is 9.69 Å². The van der Waals surface area contributed by atoms with Crippen molar-refractivity contribution in [1.29, 1.82) is 0 Å². The number of nitrogens with one attached hydrogen (secondary N) is 1. The first-order chi connectivity index (χ1) is 7.86. The monoisotopic (exact) mass is 274 g/mol. The molecule has 1 aromatic heterocycles. The third kappa shape index (κ3) is 3.68. The largest absolute Gasteiger partial charge is 0.355 e. The van der Waals surface area contributed by atoms with E-state index in [0.717, 1.165) is 24.5 Å². The van der Waals surface area contributed by atoms with Gasteiger partial charge in [-0.1, -0.05) is 0 Å². The Labute approximate surface area is 108 Å². The highest BCUT2D eigenvalue weighted by atomic mass is 32.2. The van der Waals surface area contributed by atoms with Gasteiger partial charge in [-0.05, 0) is 17.6 Å². The first-order valence-corrected chi connectivity index (χ1v) is 8.20. The zero-order valence-corrected chi connectivity index (χ0v) is 11.3. The third-order valence-electron chi connectivity index (χ3n) is 2.27. The smallest absolute Gasteiger partial charge is 0.233 e. The molecule has 1 unspecified atom stereocenters. The number of amides is 1. The molecular weight excluding hydrogens is 260 g/mol. The summed E-state index contributed by atoms with van der Waals surface area (Å²) in [6, 6.07) is 2.00. The normalized spacial score (nSPS) is 20.6. The maximum Gasteiger partial charge on any atom is 0.233 e. The van der Waals surface area contributed by atoms with Gasteiger partial charge in [-0.3, -0.25) is 4.79 Å². The van der Waals surface area contributed by atoms with Crippen LogP contribution in [0.1, 0.15) is 4.88 Å². The molecule has 6 heteroatoms. The zero-order chi connectivity index (χ0) is 11.2. The summed E-state index contributed by atoms with van der Waals surface area (Å²) in [5.41, 5.74) is 0. The Balaban J connectivity index is 1.67. The average Bonchev–Trinajstić information content (AvgIpc) is 2.83. The number of hydrogen-bond donors (Lipinski definition) is 1. The summed E-state index contributed by atoms with van der Waals surface area (Å²) in [4.78, 5) is 13.0. The first-order valence-electron chi connectivity index (χ1n) is 5.23. The van der Waals surface area contributed by atoms with E-state index in [1.165, 1.54) is 22.2 Å². The SMILES string of the molecule is O=C(NCCc1ccns1)C1CSCCS1. The second-order valence-corrected chi connectivity index (χ2v) is 6.83. The Morgan fingerprint density at radius 1 is 1.56 bits per heavy atom. The molecule has 0 bridgehead atoms. The second kappa shape index (κ2) is 6.51. The molecule has 1 aliphatic rings. The van der Waals surface area contributed by atoms with Crippen molar-refractivity contribution in [1.82, 2.24) is 9.69 Å². The van der Waals surface area contributed by atoms with Gasteiger partial charge in [0, 0.05) is 41.3 Å². The Bertz CT molecular complexity index is 323. The van der Waals surface area contributed by atoms with E-state index in [-0.39, 0.29) is 11.2 Å². The molecule has 3 nitrogen and oxygen atoms in total. The molecular formula is C10H14N2OS3. The standard InChI is InChI=1S/C10H14N2OS3/c13-10(9-7-14-5-6-15-9)11-3-1-8-2-4-12-16-8/h2,4,9H,1,3,5-7H2,(H,11,13). The van der Waals surface area contributed by atoms with E-state index in [1.54, 1.807) is 18.0 Å². The van der Waals surface area contributed by atoms with E-state index < -0.39 is 0 Å². The lowest BCUT2D eigenvalue weighted by Crippen LogP contribution is -2.37. The number of carbonyl (C=O) groups excluding carboxylic acids is 1. The van der Waals surface area contributed by atoms with Crippen molar-refractivity contribution in [3.05, 3.63) is 17.1 Å². The van der Waals surface area contributed by atoms with E-state index >= 15 is 0 Å². The van der Waals surface area contributed by atoms with E-state index in [0.29, 0.717) is 0 Å². The van der Waals surface area contributed by atoms with E-state index in [9.17, 15) is 4.79 Å². The minimum atomic E-state index is 0.153. The predicted octanol–water partition coefficient (Wildman–Crippen LogP) is 1.65. The summed E-state index contributed by atoms with van der Waals surface area (Å²) < 4.78 is 4.03. The van der Waals surface area contributed by atoms with Crippen LogP contribution in [0.2, 0.25) is 0 Å². The van der Waals surface area contributed by atoms with Crippen LogP contribution in [0.25, 0.3) is 0 Å². The summed E-state index contributed by atoms with van der Waals surface area (Å²) >= 11 is 5.15. The molecule has 16 heavy (non-hydrogen) atoms. The van der Waals surface area contributed by atoms with Crippen LogP contribution in [0.4, 0.5) is 0 Å². The summed E-state index contributed by atoms with van der Waals surface area (Å²) in [5, 5.41) is 3.15. The highest BCUT2D eigenvalue weighted by Gasteiger charge is 2.21. The van der Waals surface area contributed by atoms with Crippen molar-refractivity contribution in [2.45, 2.75) is 11.7 Å². The maximum absolute atomic E-state index is 11.8. The Hall–Kier alpha value is -0.200. The van der Waals surface area contributed by atoms with E-state index in [1.807, 2.05) is 17.8 Å². The van der Waals surface area contributed by atoms with Crippen LogP contribution in [-0.2, 0) is 11.2 Å². The van der Waals surface area contributed by atoms with Gasteiger partial charge in [0.2, 0.25) is 5.91 Å². The number of hydrogen-bond acceptors (Lipinski definition) is 5. The van der Waals surface area contributed by atoms with Crippen LogP contribution in [0.15, 0.2) is 12.3 Å². The van der Waals surface area contributed by atoms with Crippen molar-refractivity contribution in [2.75, 3.05) is 23.8 Å². The quantitative estimate of drug-likeness (QED) is 0.906. The van der Waals surface area contributed by atoms with Crippen LogP contribution in [0.3, 0.4) is 0 Å². The zero-order valence-electron chi connectivity index (χ0n) is 8.85. The van der Waals surface area contributed by atoms with Gasteiger partial charge in [-0.15, -0.1) is 11.8 Å². The number of thioether (sulfide) groups is 2. The molecule has 0 radical (unpaired) electrons. The van der Waals surface area contributed by atoms with Crippen molar-refractivity contribution in [3.63, 3.8) is 0 Å². The van der Waals surface area contributed by atoms with Crippen LogP contribution in [0, 0.1) is 0 Å². The molecule has 1 N–H and O–H groups in total. The average molecular weight is 274 g/mol. The van der Waals surface area contributed by atoms with Gasteiger partial charge >= 0.3 is 0 Å². The van der Waals surface area contributed by atoms with Gasteiger partial charge in [0.1, 0.15) is 0 Å². The van der Waals surface area contributed by atoms with Crippen LogP contribution >= 0.6 is 35.1 Å². The molecule has 1 atom stereocenters. The molecule has 1 aromatic rings. The van der Waals surface area contributed by atoms with Gasteiger partial charge in [-0.25, -0.2) is 4.37 Å². The Morgan fingerprint density at radius 3 is 3.19 bits per heavy atom. The molecule has 2 rings (SSSR count). The molecule has 1 fully saturated rings. The molecule has 0 aromatic carbocycles. The number of nitrogens with zero attached hydrogens (tertiary/aromatic N) is 1. The number of rotatable bonds is 4. The highest BCUT2D eigenvalue weighted by molar-refractivity contribution is 8.07. The first kappa shape index (κ1) is 12.3. The number of carbonyl (C=O) groups is 1. The molecule has 88 valence electrons. The maximum atomic E-state index is 11.8. The summed E-state index contributed by atoms with van der Waals surface area (Å²) in [7, 11) is 0. The fourth-order valence-corrected chi connectivity index (χ4v) is 4.59. The van der Waals surface area contributed by atoms with Gasteiger partial charge in [-0.2, -0.15) is 11.8 Å². The van der Waals surface area contributed by atoms with Crippen LogP contribution in [0.5, 0.6) is 0 Å².